The lowest BCUT2D eigenvalue weighted by atomic mass is 9.83. The molecule has 0 bridgehead atoms. The molecule has 0 radical (unpaired) electrons. The average molecular weight is 337 g/mol. The summed E-state index contributed by atoms with van der Waals surface area (Å²) >= 11 is 0. The van der Waals surface area contributed by atoms with E-state index < -0.39 is 14.6 Å². The maximum absolute atomic E-state index is 12.6. The molecule has 1 aromatic heterocycles. The Morgan fingerprint density at radius 3 is 2.83 bits per heavy atom. The van der Waals surface area contributed by atoms with Gasteiger partial charge in [0.15, 0.2) is 9.84 Å². The van der Waals surface area contributed by atoms with E-state index in [0.29, 0.717) is 32.1 Å². The third-order valence-electron chi connectivity index (χ3n) is 5.48. The summed E-state index contributed by atoms with van der Waals surface area (Å²) in [7, 11) is -3.02. The number of hydrogen-bond acceptors (Lipinski definition) is 6. The summed E-state index contributed by atoms with van der Waals surface area (Å²) in [5.41, 5.74) is 0.850. The lowest BCUT2D eigenvalue weighted by Crippen LogP contribution is -2.67. The smallest absolute Gasteiger partial charge is 0.316 e. The molecule has 6 nitrogen and oxygen atoms in total. The molecule has 1 aliphatic carbocycles. The molecule has 23 heavy (non-hydrogen) atoms. The van der Waals surface area contributed by atoms with Crippen LogP contribution in [0, 0.1) is 18.8 Å². The number of aryl methyl sites for hydroxylation is 1. The Balaban J connectivity index is 1.43. The second kappa shape index (κ2) is 5.41. The van der Waals surface area contributed by atoms with Gasteiger partial charge in [0.05, 0.1) is 12.4 Å². The van der Waals surface area contributed by atoms with Gasteiger partial charge < -0.3 is 4.74 Å². The van der Waals surface area contributed by atoms with Crippen molar-refractivity contribution in [1.29, 1.82) is 0 Å². The third kappa shape index (κ3) is 2.74. The summed E-state index contributed by atoms with van der Waals surface area (Å²) in [6.45, 7) is 4.69. The van der Waals surface area contributed by atoms with Gasteiger partial charge in [0.1, 0.15) is 4.75 Å². The Hall–Kier alpha value is -1.21. The van der Waals surface area contributed by atoms with E-state index in [2.05, 4.69) is 14.9 Å². The third-order valence-corrected chi connectivity index (χ3v) is 8.08. The summed E-state index contributed by atoms with van der Waals surface area (Å²) in [6, 6.07) is 2.16. The molecule has 3 aliphatic rings. The summed E-state index contributed by atoms with van der Waals surface area (Å²) in [4.78, 5) is 10.6. The Labute approximate surface area is 137 Å². The molecular formula is C16H23N3O3S. The first-order chi connectivity index (χ1) is 11.0. The Kier molecular flexibility index (Phi) is 3.61. The van der Waals surface area contributed by atoms with Gasteiger partial charge in [-0.05, 0) is 38.2 Å². The molecule has 2 saturated heterocycles. The second-order valence-electron chi connectivity index (χ2n) is 7.27. The van der Waals surface area contributed by atoms with Gasteiger partial charge in [0, 0.05) is 37.4 Å². The van der Waals surface area contributed by atoms with Crippen molar-refractivity contribution in [1.82, 2.24) is 14.9 Å². The largest absolute Gasteiger partial charge is 0.463 e. The van der Waals surface area contributed by atoms with Crippen LogP contribution in [0.5, 0.6) is 6.01 Å². The second-order valence-corrected chi connectivity index (χ2v) is 9.72. The molecule has 3 fully saturated rings. The van der Waals surface area contributed by atoms with Crippen molar-refractivity contribution in [2.45, 2.75) is 30.9 Å². The molecular weight excluding hydrogens is 314 g/mol. The van der Waals surface area contributed by atoms with E-state index in [1.807, 2.05) is 13.0 Å². The molecule has 1 saturated carbocycles. The van der Waals surface area contributed by atoms with Crippen molar-refractivity contribution in [2.24, 2.45) is 11.8 Å². The summed E-state index contributed by atoms with van der Waals surface area (Å²) in [5, 5.41) is 0. The first-order valence-corrected chi connectivity index (χ1v) is 10.0. The average Bonchev–Trinajstić information content (AvgIpc) is 3.22. The lowest BCUT2D eigenvalue weighted by Gasteiger charge is -2.50. The van der Waals surface area contributed by atoms with E-state index in [9.17, 15) is 8.42 Å². The van der Waals surface area contributed by atoms with Crippen LogP contribution in [0.25, 0.3) is 0 Å². The lowest BCUT2D eigenvalue weighted by molar-refractivity contribution is 0.0595. The standard InChI is InChI=1S/C16H23N3O3S/c1-12-4-6-17-15(18-12)22-9-14-5-7-23(20,21)16(14)10-19(11-16)8-13-2-3-13/h4,6,13-14H,2-3,5,7-11H2,1H3. The summed E-state index contributed by atoms with van der Waals surface area (Å²) in [6.07, 6.45) is 4.95. The zero-order valence-corrected chi connectivity index (χ0v) is 14.3. The van der Waals surface area contributed by atoms with Gasteiger partial charge in [-0.15, -0.1) is 0 Å². The maximum atomic E-state index is 12.6. The van der Waals surface area contributed by atoms with E-state index in [1.54, 1.807) is 6.20 Å². The highest BCUT2D eigenvalue weighted by Crippen LogP contribution is 2.46. The Morgan fingerprint density at radius 2 is 2.13 bits per heavy atom. The van der Waals surface area contributed by atoms with Crippen molar-refractivity contribution in [3.8, 4) is 6.01 Å². The van der Waals surface area contributed by atoms with E-state index >= 15 is 0 Å². The van der Waals surface area contributed by atoms with Crippen LogP contribution in [0.2, 0.25) is 0 Å². The fraction of sp³-hybridized carbons (Fsp3) is 0.750. The number of rotatable bonds is 5. The van der Waals surface area contributed by atoms with Crippen LogP contribution in [-0.2, 0) is 9.84 Å². The molecule has 7 heteroatoms. The normalized spacial score (nSPS) is 28.7. The minimum atomic E-state index is -3.02. The van der Waals surface area contributed by atoms with Crippen molar-refractivity contribution < 1.29 is 13.2 Å². The minimum absolute atomic E-state index is 0.0482. The predicted molar refractivity (Wildman–Crippen MR) is 86.1 cm³/mol. The van der Waals surface area contributed by atoms with Crippen LogP contribution >= 0.6 is 0 Å². The minimum Gasteiger partial charge on any atom is -0.463 e. The van der Waals surface area contributed by atoms with Crippen LogP contribution in [0.15, 0.2) is 12.3 Å². The zero-order chi connectivity index (χ0) is 16.1. The Bertz CT molecular complexity index is 696. The molecule has 126 valence electrons. The van der Waals surface area contributed by atoms with Crippen molar-refractivity contribution in [3.63, 3.8) is 0 Å². The molecule has 4 rings (SSSR count). The molecule has 1 spiro atoms. The molecule has 0 aromatic carbocycles. The molecule has 0 N–H and O–H groups in total. The van der Waals surface area contributed by atoms with E-state index in [-0.39, 0.29) is 11.7 Å². The van der Waals surface area contributed by atoms with Crippen molar-refractivity contribution >= 4 is 9.84 Å². The number of likely N-dealkylation sites (tertiary alicyclic amines) is 1. The summed E-state index contributed by atoms with van der Waals surface area (Å²) < 4.78 is 30.3. The fourth-order valence-electron chi connectivity index (χ4n) is 3.88. The molecule has 1 unspecified atom stereocenters. The molecule has 2 aliphatic heterocycles. The number of ether oxygens (including phenoxy) is 1. The molecule has 3 heterocycles. The van der Waals surface area contributed by atoms with Gasteiger partial charge in [-0.25, -0.2) is 18.4 Å². The fourth-order valence-corrected chi connectivity index (χ4v) is 6.34. The first kappa shape index (κ1) is 15.3. The van der Waals surface area contributed by atoms with Crippen LogP contribution in [0.3, 0.4) is 0 Å². The van der Waals surface area contributed by atoms with E-state index in [1.165, 1.54) is 12.8 Å². The van der Waals surface area contributed by atoms with Gasteiger partial charge in [-0.3, -0.25) is 4.90 Å². The summed E-state index contributed by atoms with van der Waals surface area (Å²) in [5.74, 6) is 1.13. The van der Waals surface area contributed by atoms with E-state index in [4.69, 9.17) is 4.74 Å². The quantitative estimate of drug-likeness (QED) is 0.800. The predicted octanol–water partition coefficient (Wildman–Crippen LogP) is 1.06. The highest BCUT2D eigenvalue weighted by molar-refractivity contribution is 7.93. The van der Waals surface area contributed by atoms with Crippen LogP contribution in [0.1, 0.15) is 25.0 Å². The van der Waals surface area contributed by atoms with Gasteiger partial charge in [0.25, 0.3) is 0 Å². The van der Waals surface area contributed by atoms with E-state index in [0.717, 1.165) is 18.2 Å². The first-order valence-electron chi connectivity index (χ1n) is 8.36. The van der Waals surface area contributed by atoms with Crippen molar-refractivity contribution in [2.75, 3.05) is 32.0 Å². The topological polar surface area (TPSA) is 72.4 Å². The number of nitrogens with zero attached hydrogens (tertiary/aromatic N) is 3. The monoisotopic (exact) mass is 337 g/mol. The Morgan fingerprint density at radius 1 is 1.35 bits per heavy atom. The molecule has 0 amide bonds. The van der Waals surface area contributed by atoms with Gasteiger partial charge in [0.2, 0.25) is 0 Å². The SMILES string of the molecule is Cc1ccnc(OCC2CCS(=O)(=O)C23CN(CC2CC2)C3)n1. The number of aromatic nitrogens is 2. The van der Waals surface area contributed by atoms with Gasteiger partial charge in [-0.2, -0.15) is 0 Å². The van der Waals surface area contributed by atoms with Crippen LogP contribution < -0.4 is 4.74 Å². The zero-order valence-electron chi connectivity index (χ0n) is 13.4. The number of hydrogen-bond donors (Lipinski definition) is 0. The van der Waals surface area contributed by atoms with Crippen LogP contribution in [-0.4, -0.2) is 60.0 Å². The number of sulfone groups is 1. The maximum Gasteiger partial charge on any atom is 0.316 e. The highest BCUT2D eigenvalue weighted by Gasteiger charge is 2.61. The molecule has 1 atom stereocenters. The van der Waals surface area contributed by atoms with Crippen LogP contribution in [0.4, 0.5) is 0 Å². The van der Waals surface area contributed by atoms with Gasteiger partial charge in [-0.1, -0.05) is 0 Å². The highest BCUT2D eigenvalue weighted by atomic mass is 32.2. The molecule has 1 aromatic rings. The van der Waals surface area contributed by atoms with Crippen molar-refractivity contribution in [3.05, 3.63) is 18.0 Å². The van der Waals surface area contributed by atoms with Gasteiger partial charge >= 0.3 is 6.01 Å².